The molecular formula is C22H22N4O4. The number of carbonyl (C=O) groups excluding carboxylic acids is 1. The quantitative estimate of drug-likeness (QED) is 0.665. The van der Waals surface area contributed by atoms with Crippen molar-refractivity contribution in [3.8, 4) is 22.9 Å². The summed E-state index contributed by atoms with van der Waals surface area (Å²) in [7, 11) is 1.48. The Kier molecular flexibility index (Phi) is 5.14. The molecule has 2 heterocycles. The average Bonchev–Trinajstić information content (AvgIpc) is 3.24. The number of benzene rings is 2. The van der Waals surface area contributed by atoms with Gasteiger partial charge < -0.3 is 19.7 Å². The second-order valence-corrected chi connectivity index (χ2v) is 6.85. The molecule has 30 heavy (non-hydrogen) atoms. The number of phenolic OH excluding ortho intramolecular Hbond substituents is 1. The molecule has 154 valence electrons. The number of phenols is 1. The molecule has 0 saturated carbocycles. The average molecular weight is 406 g/mol. The first-order valence-corrected chi connectivity index (χ1v) is 9.58. The highest BCUT2D eigenvalue weighted by molar-refractivity contribution is 5.87. The molecule has 0 aliphatic carbocycles. The molecule has 0 spiro atoms. The van der Waals surface area contributed by atoms with Gasteiger partial charge >= 0.3 is 6.03 Å². The summed E-state index contributed by atoms with van der Waals surface area (Å²) in [6, 6.07) is 13.7. The number of ether oxygens (including phenoxy) is 1. The van der Waals surface area contributed by atoms with Crippen LogP contribution in [-0.2, 0) is 0 Å². The minimum Gasteiger partial charge on any atom is -0.504 e. The van der Waals surface area contributed by atoms with Crippen LogP contribution >= 0.6 is 0 Å². The number of nitrogens with zero attached hydrogens (tertiary/aromatic N) is 3. The highest BCUT2D eigenvalue weighted by Gasteiger charge is 2.35. The Morgan fingerprint density at radius 3 is 2.67 bits per heavy atom. The van der Waals surface area contributed by atoms with Crippen LogP contribution in [0.5, 0.6) is 11.5 Å². The van der Waals surface area contributed by atoms with Gasteiger partial charge in [0.25, 0.3) is 5.89 Å². The molecule has 4 rings (SSSR count). The van der Waals surface area contributed by atoms with Gasteiger partial charge in [0, 0.05) is 17.8 Å². The number of rotatable bonds is 5. The second-order valence-electron chi connectivity index (χ2n) is 6.85. The summed E-state index contributed by atoms with van der Waals surface area (Å²) in [6.07, 6.45) is 0. The Hall–Kier alpha value is -3.81. The fraction of sp³-hybridized carbons (Fsp3) is 0.227. The largest absolute Gasteiger partial charge is 0.504 e. The normalized spacial score (nSPS) is 16.6. The third-order valence-electron chi connectivity index (χ3n) is 5.14. The molecule has 1 unspecified atom stereocenters. The third-order valence-corrected chi connectivity index (χ3v) is 5.14. The molecule has 1 aliphatic rings. The molecular weight excluding hydrogens is 384 g/mol. The van der Waals surface area contributed by atoms with Crippen LogP contribution in [0.25, 0.3) is 17.0 Å². The van der Waals surface area contributed by atoms with Crippen molar-refractivity contribution in [3.05, 3.63) is 65.7 Å². The SMILES string of the molecule is CCN1C(=O)NC(c2ccc(OC)c(O)c2)C(c2nc(-c3ccccc3)no2)=C1C. The molecule has 0 saturated heterocycles. The van der Waals surface area contributed by atoms with Crippen molar-refractivity contribution in [1.29, 1.82) is 0 Å². The lowest BCUT2D eigenvalue weighted by Crippen LogP contribution is -2.45. The fourth-order valence-corrected chi connectivity index (χ4v) is 3.61. The number of hydrogen-bond donors (Lipinski definition) is 2. The van der Waals surface area contributed by atoms with Crippen LogP contribution in [0.15, 0.2) is 58.8 Å². The minimum atomic E-state index is -0.568. The summed E-state index contributed by atoms with van der Waals surface area (Å²) in [5.41, 5.74) is 2.89. The van der Waals surface area contributed by atoms with E-state index in [1.54, 1.807) is 23.1 Å². The Morgan fingerprint density at radius 2 is 2.00 bits per heavy atom. The summed E-state index contributed by atoms with van der Waals surface area (Å²) in [5, 5.41) is 17.3. The maximum absolute atomic E-state index is 12.7. The Labute approximate surface area is 173 Å². The summed E-state index contributed by atoms with van der Waals surface area (Å²) in [4.78, 5) is 18.9. The zero-order chi connectivity index (χ0) is 21.3. The molecule has 1 aliphatic heterocycles. The van der Waals surface area contributed by atoms with Gasteiger partial charge in [0.1, 0.15) is 0 Å². The molecule has 2 N–H and O–H groups in total. The van der Waals surface area contributed by atoms with Gasteiger partial charge in [-0.05, 0) is 31.5 Å². The number of aromatic hydroxyl groups is 1. The van der Waals surface area contributed by atoms with E-state index in [-0.39, 0.29) is 11.8 Å². The number of allylic oxidation sites excluding steroid dienone is 1. The zero-order valence-corrected chi connectivity index (χ0v) is 16.9. The predicted octanol–water partition coefficient (Wildman–Crippen LogP) is 3.97. The number of nitrogens with one attached hydrogen (secondary N) is 1. The summed E-state index contributed by atoms with van der Waals surface area (Å²) < 4.78 is 10.7. The van der Waals surface area contributed by atoms with Crippen LogP contribution in [0.3, 0.4) is 0 Å². The van der Waals surface area contributed by atoms with Crippen molar-refractivity contribution >= 4 is 11.6 Å². The number of amides is 2. The molecule has 1 atom stereocenters. The highest BCUT2D eigenvalue weighted by atomic mass is 16.5. The van der Waals surface area contributed by atoms with Crippen molar-refractivity contribution in [2.24, 2.45) is 0 Å². The monoisotopic (exact) mass is 406 g/mol. The predicted molar refractivity (Wildman–Crippen MR) is 111 cm³/mol. The van der Waals surface area contributed by atoms with E-state index < -0.39 is 6.04 Å². The number of hydrogen-bond acceptors (Lipinski definition) is 6. The standard InChI is InChI=1S/C22H22N4O4/c1-4-26-13(2)18(21-24-20(25-30-21)14-8-6-5-7-9-14)19(23-22(26)28)15-10-11-17(29-3)16(27)12-15/h5-12,19,27H,4H2,1-3H3,(H,23,28). The third kappa shape index (κ3) is 3.36. The van der Waals surface area contributed by atoms with E-state index in [9.17, 15) is 9.90 Å². The highest BCUT2D eigenvalue weighted by Crippen LogP contribution is 2.39. The smallest absolute Gasteiger partial charge is 0.322 e. The molecule has 8 heteroatoms. The lowest BCUT2D eigenvalue weighted by molar-refractivity contribution is 0.207. The van der Waals surface area contributed by atoms with E-state index in [2.05, 4.69) is 15.5 Å². The number of methoxy groups -OCH3 is 1. The second kappa shape index (κ2) is 7.90. The Bertz CT molecular complexity index is 1110. The molecule has 3 aromatic rings. The molecule has 2 amide bonds. The minimum absolute atomic E-state index is 0.0188. The van der Waals surface area contributed by atoms with Crippen LogP contribution in [0.4, 0.5) is 4.79 Å². The van der Waals surface area contributed by atoms with E-state index in [1.165, 1.54) is 7.11 Å². The maximum atomic E-state index is 12.7. The van der Waals surface area contributed by atoms with Crippen LogP contribution in [0.2, 0.25) is 0 Å². The van der Waals surface area contributed by atoms with Gasteiger partial charge in [-0.25, -0.2) is 4.79 Å². The van der Waals surface area contributed by atoms with E-state index in [1.807, 2.05) is 44.2 Å². The number of carbonyl (C=O) groups is 1. The van der Waals surface area contributed by atoms with Crippen LogP contribution < -0.4 is 10.1 Å². The summed E-state index contributed by atoms with van der Waals surface area (Å²) >= 11 is 0. The maximum Gasteiger partial charge on any atom is 0.322 e. The summed E-state index contributed by atoms with van der Waals surface area (Å²) in [6.45, 7) is 4.23. The molecule has 1 aromatic heterocycles. The van der Waals surface area contributed by atoms with Gasteiger partial charge in [0.2, 0.25) is 5.82 Å². The molecule has 0 radical (unpaired) electrons. The van der Waals surface area contributed by atoms with Gasteiger partial charge in [-0.1, -0.05) is 41.6 Å². The van der Waals surface area contributed by atoms with Gasteiger partial charge in [0.15, 0.2) is 11.5 Å². The molecule has 8 nitrogen and oxygen atoms in total. The first-order chi connectivity index (χ1) is 14.5. The van der Waals surface area contributed by atoms with E-state index in [0.29, 0.717) is 40.8 Å². The van der Waals surface area contributed by atoms with Gasteiger partial charge in [-0.2, -0.15) is 4.98 Å². The topological polar surface area (TPSA) is 101 Å². The lowest BCUT2D eigenvalue weighted by atomic mass is 9.94. The van der Waals surface area contributed by atoms with Crippen molar-refractivity contribution in [3.63, 3.8) is 0 Å². The van der Waals surface area contributed by atoms with E-state index in [4.69, 9.17) is 9.26 Å². The fourth-order valence-electron chi connectivity index (χ4n) is 3.61. The van der Waals surface area contributed by atoms with E-state index >= 15 is 0 Å². The number of aromatic nitrogens is 2. The first kappa shape index (κ1) is 19.5. The molecule has 0 fully saturated rings. The van der Waals surface area contributed by atoms with Gasteiger partial charge in [-0.15, -0.1) is 0 Å². The van der Waals surface area contributed by atoms with Crippen LogP contribution in [-0.4, -0.2) is 39.8 Å². The molecule has 0 bridgehead atoms. The van der Waals surface area contributed by atoms with Crippen LogP contribution in [0.1, 0.15) is 31.3 Å². The summed E-state index contributed by atoms with van der Waals surface area (Å²) in [5.74, 6) is 1.10. The Balaban J connectivity index is 1.82. The van der Waals surface area contributed by atoms with Crippen molar-refractivity contribution in [2.45, 2.75) is 19.9 Å². The molecule has 2 aromatic carbocycles. The Morgan fingerprint density at radius 1 is 1.23 bits per heavy atom. The van der Waals surface area contributed by atoms with Crippen molar-refractivity contribution in [2.75, 3.05) is 13.7 Å². The van der Waals surface area contributed by atoms with Crippen molar-refractivity contribution in [1.82, 2.24) is 20.4 Å². The van der Waals surface area contributed by atoms with Crippen molar-refractivity contribution < 1.29 is 19.2 Å². The number of urea groups is 1. The lowest BCUT2D eigenvalue weighted by Gasteiger charge is -2.34. The van der Waals surface area contributed by atoms with Crippen LogP contribution in [0, 0.1) is 0 Å². The van der Waals surface area contributed by atoms with Gasteiger partial charge in [-0.3, -0.25) is 4.90 Å². The first-order valence-electron chi connectivity index (χ1n) is 9.58. The van der Waals surface area contributed by atoms with E-state index in [0.717, 1.165) is 5.56 Å². The zero-order valence-electron chi connectivity index (χ0n) is 16.9. The van der Waals surface area contributed by atoms with Gasteiger partial charge in [0.05, 0.1) is 18.7 Å².